The monoisotopic (exact) mass is 375 g/mol. The van der Waals surface area contributed by atoms with E-state index < -0.39 is 22.1 Å². The zero-order valence-electron chi connectivity index (χ0n) is 14.5. The van der Waals surface area contributed by atoms with Crippen molar-refractivity contribution in [2.45, 2.75) is 17.9 Å². The molecule has 0 saturated carbocycles. The summed E-state index contributed by atoms with van der Waals surface area (Å²) in [6.07, 6.45) is -0.428. The minimum Gasteiger partial charge on any atom is -0.454 e. The summed E-state index contributed by atoms with van der Waals surface area (Å²) in [4.78, 5) is 12.5. The van der Waals surface area contributed by atoms with E-state index in [1.807, 2.05) is 30.3 Å². The van der Waals surface area contributed by atoms with Crippen LogP contribution < -0.4 is 0 Å². The van der Waals surface area contributed by atoms with Gasteiger partial charge in [0.15, 0.2) is 0 Å². The van der Waals surface area contributed by atoms with Crippen LogP contribution in [0.25, 0.3) is 0 Å². The Morgan fingerprint density at radius 3 is 2.46 bits per heavy atom. The van der Waals surface area contributed by atoms with Crippen LogP contribution in [0.3, 0.4) is 0 Å². The van der Waals surface area contributed by atoms with Crippen molar-refractivity contribution in [1.82, 2.24) is 4.31 Å². The molecule has 2 aromatic carbocycles. The first-order valence-electron chi connectivity index (χ1n) is 8.42. The molecule has 0 amide bonds. The lowest BCUT2D eigenvalue weighted by molar-refractivity contribution is 0.0337. The highest BCUT2D eigenvalue weighted by Crippen LogP contribution is 2.21. The van der Waals surface area contributed by atoms with Gasteiger partial charge in [-0.15, -0.1) is 0 Å². The van der Waals surface area contributed by atoms with E-state index >= 15 is 0 Å². The molecular formula is C19H21NO5S. The van der Waals surface area contributed by atoms with Gasteiger partial charge in [-0.3, -0.25) is 0 Å². The quantitative estimate of drug-likeness (QED) is 0.751. The molecule has 1 aliphatic heterocycles. The highest BCUT2D eigenvalue weighted by molar-refractivity contribution is 7.89. The smallest absolute Gasteiger partial charge is 0.338 e. The zero-order valence-corrected chi connectivity index (χ0v) is 15.3. The van der Waals surface area contributed by atoms with Crippen molar-refractivity contribution in [2.24, 2.45) is 0 Å². The predicted octanol–water partition coefficient (Wildman–Crippen LogP) is 2.63. The summed E-state index contributed by atoms with van der Waals surface area (Å²) in [6.45, 7) is 3.14. The molecule has 0 aliphatic carbocycles. The maximum atomic E-state index is 12.7. The Morgan fingerprint density at radius 2 is 1.77 bits per heavy atom. The largest absolute Gasteiger partial charge is 0.454 e. The maximum Gasteiger partial charge on any atom is 0.338 e. The number of sulfonamides is 1. The van der Waals surface area contributed by atoms with E-state index in [4.69, 9.17) is 9.47 Å². The molecule has 0 bridgehead atoms. The Kier molecular flexibility index (Phi) is 5.70. The van der Waals surface area contributed by atoms with Crippen molar-refractivity contribution >= 4 is 16.0 Å². The number of ether oxygens (including phenoxy) is 2. The van der Waals surface area contributed by atoms with Gasteiger partial charge in [0, 0.05) is 13.1 Å². The average Bonchev–Trinajstić information content (AvgIpc) is 2.69. The lowest BCUT2D eigenvalue weighted by Crippen LogP contribution is -2.40. The number of rotatable bonds is 5. The Balaban J connectivity index is 1.77. The first-order chi connectivity index (χ1) is 12.5. The Hall–Kier alpha value is -2.22. The summed E-state index contributed by atoms with van der Waals surface area (Å²) in [5.74, 6) is -0.555. The Labute approximate surface area is 153 Å². The molecule has 26 heavy (non-hydrogen) atoms. The second kappa shape index (κ2) is 7.99. The highest BCUT2D eigenvalue weighted by Gasteiger charge is 2.27. The molecule has 3 rings (SSSR count). The summed E-state index contributed by atoms with van der Waals surface area (Å²) in [5, 5.41) is 0. The van der Waals surface area contributed by atoms with Gasteiger partial charge < -0.3 is 9.47 Å². The topological polar surface area (TPSA) is 72.9 Å². The number of carbonyl (C=O) groups is 1. The number of benzene rings is 2. The van der Waals surface area contributed by atoms with Crippen LogP contribution >= 0.6 is 0 Å². The van der Waals surface area contributed by atoms with Crippen LogP contribution in [0.2, 0.25) is 0 Å². The normalized spacial score (nSPS) is 16.8. The molecule has 138 valence electrons. The van der Waals surface area contributed by atoms with Crippen molar-refractivity contribution in [2.75, 3.05) is 26.3 Å². The average molecular weight is 375 g/mol. The fraction of sp³-hybridized carbons (Fsp3) is 0.316. The van der Waals surface area contributed by atoms with Crippen molar-refractivity contribution in [3.63, 3.8) is 0 Å². The lowest BCUT2D eigenvalue weighted by atomic mass is 10.1. The van der Waals surface area contributed by atoms with Gasteiger partial charge in [-0.05, 0) is 30.7 Å². The number of morpholine rings is 1. The molecule has 1 unspecified atom stereocenters. The van der Waals surface area contributed by atoms with E-state index in [2.05, 4.69) is 0 Å². The second-order valence-electron chi connectivity index (χ2n) is 6.00. The van der Waals surface area contributed by atoms with Crippen molar-refractivity contribution in [3.8, 4) is 0 Å². The highest BCUT2D eigenvalue weighted by atomic mass is 32.2. The molecule has 0 radical (unpaired) electrons. The van der Waals surface area contributed by atoms with Gasteiger partial charge in [0.25, 0.3) is 0 Å². The molecule has 1 aliphatic rings. The first kappa shape index (κ1) is 18.6. The molecule has 0 N–H and O–H groups in total. The summed E-state index contributed by atoms with van der Waals surface area (Å²) in [7, 11) is -3.65. The van der Waals surface area contributed by atoms with Crippen molar-refractivity contribution < 1.29 is 22.7 Å². The van der Waals surface area contributed by atoms with Crippen LogP contribution in [0.15, 0.2) is 59.5 Å². The van der Waals surface area contributed by atoms with Crippen molar-refractivity contribution in [1.29, 1.82) is 0 Å². The fourth-order valence-corrected chi connectivity index (χ4v) is 4.19. The molecule has 7 heteroatoms. The standard InChI is InChI=1S/C19H21NO5S/c1-15(16-6-3-2-4-7-16)25-19(21)17-8-5-9-18(14-17)26(22,23)20-10-12-24-13-11-20/h2-9,14-15H,10-13H2,1H3. The second-order valence-corrected chi connectivity index (χ2v) is 7.94. The molecule has 0 aromatic heterocycles. The van der Waals surface area contributed by atoms with Gasteiger partial charge in [0.1, 0.15) is 6.10 Å². The van der Waals surface area contributed by atoms with Gasteiger partial charge in [-0.2, -0.15) is 4.31 Å². The van der Waals surface area contributed by atoms with Crippen LogP contribution in [0.4, 0.5) is 0 Å². The van der Waals surface area contributed by atoms with E-state index in [0.717, 1.165) is 5.56 Å². The maximum absolute atomic E-state index is 12.7. The molecule has 1 fully saturated rings. The van der Waals surface area contributed by atoms with Gasteiger partial charge in [0.05, 0.1) is 23.7 Å². The summed E-state index contributed by atoms with van der Waals surface area (Å²) in [6, 6.07) is 15.3. The fourth-order valence-electron chi connectivity index (χ4n) is 2.74. The van der Waals surface area contributed by atoms with E-state index in [9.17, 15) is 13.2 Å². The van der Waals surface area contributed by atoms with E-state index in [1.54, 1.807) is 19.1 Å². The number of hydrogen-bond acceptors (Lipinski definition) is 5. The number of esters is 1. The molecule has 1 heterocycles. The molecule has 2 aromatic rings. The minimum atomic E-state index is -3.65. The molecule has 0 spiro atoms. The molecular weight excluding hydrogens is 354 g/mol. The SMILES string of the molecule is CC(OC(=O)c1cccc(S(=O)(=O)N2CCOCC2)c1)c1ccccc1. The number of nitrogens with zero attached hydrogens (tertiary/aromatic N) is 1. The van der Waals surface area contributed by atoms with Crippen LogP contribution in [0.5, 0.6) is 0 Å². The third-order valence-corrected chi connectivity index (χ3v) is 6.13. The zero-order chi connectivity index (χ0) is 18.6. The first-order valence-corrected chi connectivity index (χ1v) is 9.86. The third-order valence-electron chi connectivity index (χ3n) is 4.23. The Bertz CT molecular complexity index is 861. The van der Waals surface area contributed by atoms with E-state index in [-0.39, 0.29) is 10.5 Å². The molecule has 1 atom stereocenters. The van der Waals surface area contributed by atoms with Crippen LogP contribution in [0.1, 0.15) is 28.9 Å². The third kappa shape index (κ3) is 4.12. The summed E-state index contributed by atoms with van der Waals surface area (Å²) < 4.78 is 37.5. The predicted molar refractivity (Wildman–Crippen MR) is 96.3 cm³/mol. The molecule has 6 nitrogen and oxygen atoms in total. The van der Waals surface area contributed by atoms with Crippen molar-refractivity contribution in [3.05, 3.63) is 65.7 Å². The Morgan fingerprint density at radius 1 is 1.08 bits per heavy atom. The summed E-state index contributed by atoms with van der Waals surface area (Å²) >= 11 is 0. The van der Waals surface area contributed by atoms with Gasteiger partial charge in [0.2, 0.25) is 10.0 Å². The summed E-state index contributed by atoms with van der Waals surface area (Å²) in [5.41, 5.74) is 1.08. The number of hydrogen-bond donors (Lipinski definition) is 0. The molecule has 1 saturated heterocycles. The van der Waals surface area contributed by atoms with Crippen LogP contribution in [-0.4, -0.2) is 45.0 Å². The van der Waals surface area contributed by atoms with Crippen LogP contribution in [0, 0.1) is 0 Å². The van der Waals surface area contributed by atoms with Gasteiger partial charge in [-0.25, -0.2) is 13.2 Å². The lowest BCUT2D eigenvalue weighted by Gasteiger charge is -2.26. The minimum absolute atomic E-state index is 0.0845. The van der Waals surface area contributed by atoms with E-state index in [1.165, 1.54) is 16.4 Å². The van der Waals surface area contributed by atoms with Gasteiger partial charge >= 0.3 is 5.97 Å². The van der Waals surface area contributed by atoms with Gasteiger partial charge in [-0.1, -0.05) is 36.4 Å². The number of carbonyl (C=O) groups excluding carboxylic acids is 1. The van der Waals surface area contributed by atoms with Crippen LogP contribution in [-0.2, 0) is 19.5 Å². The van der Waals surface area contributed by atoms with E-state index in [0.29, 0.717) is 26.3 Å².